The van der Waals surface area contributed by atoms with Crippen LogP contribution in [0.1, 0.15) is 25.0 Å². The van der Waals surface area contributed by atoms with E-state index in [2.05, 4.69) is 31.3 Å². The van der Waals surface area contributed by atoms with Crippen molar-refractivity contribution in [2.75, 3.05) is 13.7 Å². The minimum Gasteiger partial charge on any atom is -0.493 e. The van der Waals surface area contributed by atoms with Crippen molar-refractivity contribution < 1.29 is 14.6 Å². The second kappa shape index (κ2) is 4.74. The van der Waals surface area contributed by atoms with E-state index in [4.69, 9.17) is 9.47 Å². The van der Waals surface area contributed by atoms with E-state index in [1.807, 2.05) is 12.1 Å². The first-order valence-electron chi connectivity index (χ1n) is 8.08. The van der Waals surface area contributed by atoms with Gasteiger partial charge in [-0.3, -0.25) is 0 Å². The van der Waals surface area contributed by atoms with Gasteiger partial charge in [0.1, 0.15) is 12.2 Å². The quantitative estimate of drug-likeness (QED) is 0.836. The Morgan fingerprint density at radius 2 is 2.23 bits per heavy atom. The van der Waals surface area contributed by atoms with E-state index in [-0.39, 0.29) is 11.5 Å². The molecule has 0 saturated heterocycles. The van der Waals surface area contributed by atoms with Gasteiger partial charge in [-0.2, -0.15) is 0 Å². The fourth-order valence-corrected chi connectivity index (χ4v) is 4.73. The molecule has 1 aliphatic heterocycles. The summed E-state index contributed by atoms with van der Waals surface area (Å²) in [6.07, 6.45) is 4.23. The van der Waals surface area contributed by atoms with Gasteiger partial charge in [-0.05, 0) is 24.6 Å². The van der Waals surface area contributed by atoms with Gasteiger partial charge in [0.2, 0.25) is 0 Å². The zero-order valence-corrected chi connectivity index (χ0v) is 13.3. The van der Waals surface area contributed by atoms with Gasteiger partial charge in [0.25, 0.3) is 0 Å². The highest BCUT2D eigenvalue weighted by Crippen LogP contribution is 2.58. The molecular formula is C18H23NO3. The summed E-state index contributed by atoms with van der Waals surface area (Å²) in [6, 6.07) is 4.51. The maximum atomic E-state index is 10.5. The summed E-state index contributed by atoms with van der Waals surface area (Å²) in [5.41, 5.74) is 2.34. The van der Waals surface area contributed by atoms with Crippen LogP contribution in [0.3, 0.4) is 0 Å². The average molecular weight is 301 g/mol. The zero-order valence-electron chi connectivity index (χ0n) is 13.3. The number of aliphatic hydroxyl groups excluding tert-OH is 1. The molecule has 5 atom stereocenters. The molecule has 118 valence electrons. The van der Waals surface area contributed by atoms with Gasteiger partial charge >= 0.3 is 0 Å². The fourth-order valence-electron chi connectivity index (χ4n) is 4.73. The molecule has 2 N–H and O–H groups in total. The van der Waals surface area contributed by atoms with Gasteiger partial charge in [0.15, 0.2) is 11.5 Å². The SMILES string of the molecule is CCNC1Cc2ccc(OC)c3c2C2(C)C1C=CC(O)C2O3. The van der Waals surface area contributed by atoms with Crippen LogP contribution in [0, 0.1) is 5.92 Å². The first-order chi connectivity index (χ1) is 10.6. The maximum Gasteiger partial charge on any atom is 0.165 e. The Hall–Kier alpha value is -1.52. The number of likely N-dealkylation sites (N-methyl/N-ethyl adjacent to an activating group) is 1. The number of benzene rings is 1. The van der Waals surface area contributed by atoms with Gasteiger partial charge in [-0.15, -0.1) is 0 Å². The van der Waals surface area contributed by atoms with Crippen molar-refractivity contribution in [3.05, 3.63) is 35.4 Å². The van der Waals surface area contributed by atoms with Crippen LogP contribution in [0.2, 0.25) is 0 Å². The van der Waals surface area contributed by atoms with Crippen LogP contribution >= 0.6 is 0 Å². The van der Waals surface area contributed by atoms with E-state index in [0.29, 0.717) is 12.0 Å². The van der Waals surface area contributed by atoms with E-state index in [1.165, 1.54) is 11.1 Å². The van der Waals surface area contributed by atoms with Crippen LogP contribution < -0.4 is 14.8 Å². The van der Waals surface area contributed by atoms with Crippen molar-refractivity contribution in [3.63, 3.8) is 0 Å². The summed E-state index contributed by atoms with van der Waals surface area (Å²) >= 11 is 0. The molecule has 0 fully saturated rings. The number of aliphatic hydroxyl groups is 1. The number of rotatable bonds is 3. The molecule has 0 saturated carbocycles. The molecule has 1 aromatic rings. The van der Waals surface area contributed by atoms with Gasteiger partial charge in [0, 0.05) is 22.9 Å². The summed E-state index contributed by atoms with van der Waals surface area (Å²) in [6.45, 7) is 5.31. The van der Waals surface area contributed by atoms with Gasteiger partial charge in [0.05, 0.1) is 7.11 Å². The van der Waals surface area contributed by atoms with Crippen LogP contribution in [-0.2, 0) is 11.8 Å². The molecule has 1 heterocycles. The highest BCUT2D eigenvalue weighted by molar-refractivity contribution is 5.61. The highest BCUT2D eigenvalue weighted by atomic mass is 16.5. The Bertz CT molecular complexity index is 641. The summed E-state index contributed by atoms with van der Waals surface area (Å²) in [4.78, 5) is 0. The van der Waals surface area contributed by atoms with E-state index in [1.54, 1.807) is 7.11 Å². The Morgan fingerprint density at radius 1 is 1.41 bits per heavy atom. The fraction of sp³-hybridized carbons (Fsp3) is 0.556. The summed E-state index contributed by atoms with van der Waals surface area (Å²) in [5, 5.41) is 14.1. The monoisotopic (exact) mass is 301 g/mol. The third-order valence-corrected chi connectivity index (χ3v) is 5.66. The molecule has 4 rings (SSSR count). The van der Waals surface area contributed by atoms with Crippen molar-refractivity contribution in [1.82, 2.24) is 5.32 Å². The second-order valence-electron chi connectivity index (χ2n) is 6.72. The standard InChI is InChI=1S/C18H23NO3/c1-4-19-12-9-10-5-8-14(21-3)16-15(10)18(2)11(12)6-7-13(20)17(18)22-16/h5-8,11-13,17,19-20H,4,9H2,1-3H3. The molecule has 4 nitrogen and oxygen atoms in total. The Kier molecular flexibility index (Phi) is 3.03. The third-order valence-electron chi connectivity index (χ3n) is 5.66. The lowest BCUT2D eigenvalue weighted by Gasteiger charge is -2.48. The van der Waals surface area contributed by atoms with Crippen molar-refractivity contribution in [2.24, 2.45) is 5.92 Å². The zero-order chi connectivity index (χ0) is 15.5. The molecule has 0 aromatic heterocycles. The van der Waals surface area contributed by atoms with E-state index < -0.39 is 6.10 Å². The van der Waals surface area contributed by atoms with Crippen LogP contribution in [-0.4, -0.2) is 37.0 Å². The van der Waals surface area contributed by atoms with E-state index >= 15 is 0 Å². The van der Waals surface area contributed by atoms with Crippen molar-refractivity contribution >= 4 is 0 Å². The minimum absolute atomic E-state index is 0.210. The van der Waals surface area contributed by atoms with Crippen LogP contribution in [0.15, 0.2) is 24.3 Å². The molecule has 0 radical (unpaired) electrons. The normalized spacial score (nSPS) is 37.6. The maximum absolute atomic E-state index is 10.5. The third kappa shape index (κ3) is 1.60. The summed E-state index contributed by atoms with van der Waals surface area (Å²) in [7, 11) is 1.67. The minimum atomic E-state index is -0.577. The topological polar surface area (TPSA) is 50.7 Å². The Morgan fingerprint density at radius 3 is 2.95 bits per heavy atom. The molecule has 0 spiro atoms. The van der Waals surface area contributed by atoms with Crippen LogP contribution in [0.5, 0.6) is 11.5 Å². The highest BCUT2D eigenvalue weighted by Gasteiger charge is 2.59. The molecule has 2 aliphatic carbocycles. The lowest BCUT2D eigenvalue weighted by atomic mass is 9.57. The summed E-state index contributed by atoms with van der Waals surface area (Å²) in [5.74, 6) is 1.92. The molecule has 5 unspecified atom stereocenters. The predicted molar refractivity (Wildman–Crippen MR) is 84.6 cm³/mol. The van der Waals surface area contributed by atoms with Crippen LogP contribution in [0.25, 0.3) is 0 Å². The molecule has 1 aromatic carbocycles. The number of methoxy groups -OCH3 is 1. The van der Waals surface area contributed by atoms with E-state index in [9.17, 15) is 5.11 Å². The number of ether oxygens (including phenoxy) is 2. The molecule has 22 heavy (non-hydrogen) atoms. The molecular weight excluding hydrogens is 278 g/mol. The van der Waals surface area contributed by atoms with Gasteiger partial charge in [-0.1, -0.05) is 32.1 Å². The molecule has 0 amide bonds. The number of hydrogen-bond acceptors (Lipinski definition) is 4. The predicted octanol–water partition coefficient (Wildman–Crippen LogP) is 1.79. The van der Waals surface area contributed by atoms with Crippen molar-refractivity contribution in [3.8, 4) is 11.5 Å². The van der Waals surface area contributed by atoms with Gasteiger partial charge in [-0.25, -0.2) is 0 Å². The first-order valence-corrected chi connectivity index (χ1v) is 8.08. The smallest absolute Gasteiger partial charge is 0.165 e. The average Bonchev–Trinajstić information content (AvgIpc) is 2.83. The second-order valence-corrected chi connectivity index (χ2v) is 6.72. The van der Waals surface area contributed by atoms with Crippen molar-refractivity contribution in [2.45, 2.75) is 43.9 Å². The van der Waals surface area contributed by atoms with Crippen molar-refractivity contribution in [1.29, 1.82) is 0 Å². The molecule has 4 heteroatoms. The van der Waals surface area contributed by atoms with Gasteiger partial charge < -0.3 is 19.9 Å². The first kappa shape index (κ1) is 14.1. The Balaban J connectivity index is 1.94. The number of nitrogens with one attached hydrogen (secondary N) is 1. The largest absolute Gasteiger partial charge is 0.493 e. The molecule has 0 bridgehead atoms. The summed E-state index contributed by atoms with van der Waals surface area (Å²) < 4.78 is 11.7. The van der Waals surface area contributed by atoms with E-state index in [0.717, 1.165) is 24.5 Å². The lowest BCUT2D eigenvalue weighted by molar-refractivity contribution is 0.00447. The lowest BCUT2D eigenvalue weighted by Crippen LogP contribution is -2.58. The number of hydrogen-bond donors (Lipinski definition) is 2. The Labute approximate surface area is 131 Å². The molecule has 3 aliphatic rings. The van der Waals surface area contributed by atoms with Crippen LogP contribution in [0.4, 0.5) is 0 Å².